The van der Waals surface area contributed by atoms with E-state index in [0.29, 0.717) is 12.2 Å². The molecule has 0 aromatic heterocycles. The quantitative estimate of drug-likeness (QED) is 0.667. The number of rotatable bonds is 5. The first kappa shape index (κ1) is 16.9. The standard InChI is InChI=1S/C17H26N2O3/c1-17(2,3)15-6-4-14(5-7-15)16(20)18-22-13-10-19-8-11-21-12-9-19/h4-7H,8-13H2,1-3H3,(H,18,20). The molecule has 1 heterocycles. The molecule has 1 aromatic rings. The van der Waals surface area contributed by atoms with Crippen molar-refractivity contribution in [1.82, 2.24) is 10.4 Å². The molecule has 1 aliphatic rings. The van der Waals surface area contributed by atoms with Crippen LogP contribution in [0.15, 0.2) is 24.3 Å². The van der Waals surface area contributed by atoms with Crippen LogP contribution in [0, 0.1) is 0 Å². The van der Waals surface area contributed by atoms with Gasteiger partial charge in [0.05, 0.1) is 19.8 Å². The van der Waals surface area contributed by atoms with Gasteiger partial charge in [0.15, 0.2) is 0 Å². The molecule has 1 aromatic carbocycles. The second-order valence-corrected chi connectivity index (χ2v) is 6.56. The van der Waals surface area contributed by atoms with Gasteiger partial charge in [0.1, 0.15) is 0 Å². The van der Waals surface area contributed by atoms with Crippen LogP contribution in [-0.4, -0.2) is 50.3 Å². The third kappa shape index (κ3) is 5.09. The van der Waals surface area contributed by atoms with Crippen molar-refractivity contribution in [1.29, 1.82) is 0 Å². The van der Waals surface area contributed by atoms with Gasteiger partial charge in [-0.05, 0) is 23.1 Å². The number of hydrogen-bond acceptors (Lipinski definition) is 4. The Morgan fingerprint density at radius 3 is 2.45 bits per heavy atom. The maximum absolute atomic E-state index is 12.0. The molecule has 1 saturated heterocycles. The van der Waals surface area contributed by atoms with E-state index in [2.05, 4.69) is 31.2 Å². The van der Waals surface area contributed by atoms with Crippen LogP contribution in [0.4, 0.5) is 0 Å². The van der Waals surface area contributed by atoms with Crippen LogP contribution in [0.3, 0.4) is 0 Å². The summed E-state index contributed by atoms with van der Waals surface area (Å²) in [6, 6.07) is 7.65. The number of hydrogen-bond donors (Lipinski definition) is 1. The van der Waals surface area contributed by atoms with Crippen molar-refractivity contribution in [3.8, 4) is 0 Å². The van der Waals surface area contributed by atoms with Gasteiger partial charge in [-0.25, -0.2) is 5.48 Å². The second kappa shape index (κ2) is 7.72. The molecule has 0 bridgehead atoms. The van der Waals surface area contributed by atoms with Gasteiger partial charge in [-0.3, -0.25) is 14.5 Å². The van der Waals surface area contributed by atoms with Gasteiger partial charge in [0.2, 0.25) is 0 Å². The molecule has 1 N–H and O–H groups in total. The number of nitrogens with zero attached hydrogens (tertiary/aromatic N) is 1. The fourth-order valence-corrected chi connectivity index (χ4v) is 2.30. The highest BCUT2D eigenvalue weighted by Gasteiger charge is 2.14. The lowest BCUT2D eigenvalue weighted by Crippen LogP contribution is -2.39. The summed E-state index contributed by atoms with van der Waals surface area (Å²) in [5.41, 5.74) is 4.40. The van der Waals surface area contributed by atoms with E-state index in [1.807, 2.05) is 24.3 Å². The summed E-state index contributed by atoms with van der Waals surface area (Å²) in [6.45, 7) is 11.1. The number of carbonyl (C=O) groups excluding carboxylic acids is 1. The molecule has 0 radical (unpaired) electrons. The second-order valence-electron chi connectivity index (χ2n) is 6.56. The molecular formula is C17H26N2O3. The summed E-state index contributed by atoms with van der Waals surface area (Å²) in [7, 11) is 0. The van der Waals surface area contributed by atoms with Crippen LogP contribution in [0.1, 0.15) is 36.7 Å². The number of amides is 1. The van der Waals surface area contributed by atoms with Gasteiger partial charge >= 0.3 is 0 Å². The van der Waals surface area contributed by atoms with Crippen molar-refractivity contribution in [2.24, 2.45) is 0 Å². The molecule has 1 amide bonds. The van der Waals surface area contributed by atoms with E-state index in [-0.39, 0.29) is 11.3 Å². The van der Waals surface area contributed by atoms with E-state index in [1.165, 1.54) is 5.56 Å². The van der Waals surface area contributed by atoms with Gasteiger partial charge in [-0.15, -0.1) is 0 Å². The zero-order chi connectivity index (χ0) is 16.0. The van der Waals surface area contributed by atoms with Crippen LogP contribution in [0.25, 0.3) is 0 Å². The summed E-state index contributed by atoms with van der Waals surface area (Å²) in [4.78, 5) is 19.5. The predicted molar refractivity (Wildman–Crippen MR) is 85.8 cm³/mol. The van der Waals surface area contributed by atoms with Gasteiger partial charge in [0, 0.05) is 25.2 Å². The topological polar surface area (TPSA) is 50.8 Å². The minimum atomic E-state index is -0.206. The van der Waals surface area contributed by atoms with Crippen molar-refractivity contribution in [2.45, 2.75) is 26.2 Å². The number of carbonyl (C=O) groups is 1. The Bertz CT molecular complexity index is 474. The summed E-state index contributed by atoms with van der Waals surface area (Å²) in [5.74, 6) is -0.206. The summed E-state index contributed by atoms with van der Waals surface area (Å²) < 4.78 is 5.28. The van der Waals surface area contributed by atoms with Crippen molar-refractivity contribution in [3.05, 3.63) is 35.4 Å². The maximum atomic E-state index is 12.0. The Balaban J connectivity index is 1.72. The number of ether oxygens (including phenoxy) is 1. The molecule has 0 atom stereocenters. The summed E-state index contributed by atoms with van der Waals surface area (Å²) >= 11 is 0. The Hall–Kier alpha value is -1.43. The van der Waals surface area contributed by atoms with Crippen molar-refractivity contribution in [2.75, 3.05) is 39.5 Å². The molecule has 0 spiro atoms. The normalized spacial score (nSPS) is 16.5. The SMILES string of the molecule is CC(C)(C)c1ccc(C(=O)NOCCN2CCOCC2)cc1. The highest BCUT2D eigenvalue weighted by atomic mass is 16.7. The largest absolute Gasteiger partial charge is 0.379 e. The van der Waals surface area contributed by atoms with Gasteiger partial charge < -0.3 is 4.74 Å². The van der Waals surface area contributed by atoms with E-state index in [0.717, 1.165) is 32.8 Å². The van der Waals surface area contributed by atoms with Crippen LogP contribution >= 0.6 is 0 Å². The lowest BCUT2D eigenvalue weighted by Gasteiger charge is -2.26. The lowest BCUT2D eigenvalue weighted by molar-refractivity contribution is -0.00177. The van der Waals surface area contributed by atoms with Crippen LogP contribution in [0.5, 0.6) is 0 Å². The number of nitrogens with one attached hydrogen (secondary N) is 1. The Morgan fingerprint density at radius 2 is 1.86 bits per heavy atom. The number of hydroxylamine groups is 1. The summed E-state index contributed by atoms with van der Waals surface area (Å²) in [6.07, 6.45) is 0. The molecular weight excluding hydrogens is 280 g/mol. The van der Waals surface area contributed by atoms with Crippen molar-refractivity contribution in [3.63, 3.8) is 0 Å². The van der Waals surface area contributed by atoms with E-state index in [9.17, 15) is 4.79 Å². The summed E-state index contributed by atoms with van der Waals surface area (Å²) in [5, 5.41) is 0. The molecule has 1 fully saturated rings. The Morgan fingerprint density at radius 1 is 1.23 bits per heavy atom. The third-order valence-electron chi connectivity index (χ3n) is 3.79. The fourth-order valence-electron chi connectivity index (χ4n) is 2.30. The highest BCUT2D eigenvalue weighted by molar-refractivity contribution is 5.93. The van der Waals surface area contributed by atoms with E-state index in [1.54, 1.807) is 0 Å². The van der Waals surface area contributed by atoms with Crippen LogP contribution in [-0.2, 0) is 15.0 Å². The molecule has 122 valence electrons. The highest BCUT2D eigenvalue weighted by Crippen LogP contribution is 2.22. The minimum absolute atomic E-state index is 0.0870. The third-order valence-corrected chi connectivity index (χ3v) is 3.79. The Labute approximate surface area is 132 Å². The number of benzene rings is 1. The smallest absolute Gasteiger partial charge is 0.274 e. The molecule has 5 heteroatoms. The molecule has 0 aliphatic carbocycles. The van der Waals surface area contributed by atoms with Gasteiger partial charge in [0.25, 0.3) is 5.91 Å². The van der Waals surface area contributed by atoms with Gasteiger partial charge in [-0.1, -0.05) is 32.9 Å². The monoisotopic (exact) mass is 306 g/mol. The molecule has 0 saturated carbocycles. The molecule has 0 unspecified atom stereocenters. The van der Waals surface area contributed by atoms with Crippen LogP contribution in [0.2, 0.25) is 0 Å². The zero-order valence-corrected chi connectivity index (χ0v) is 13.7. The first-order valence-corrected chi connectivity index (χ1v) is 7.79. The van der Waals surface area contributed by atoms with Crippen molar-refractivity contribution < 1.29 is 14.4 Å². The van der Waals surface area contributed by atoms with Crippen molar-refractivity contribution >= 4 is 5.91 Å². The predicted octanol–water partition coefficient (Wildman–Crippen LogP) is 1.98. The Kier molecular flexibility index (Phi) is 5.94. The maximum Gasteiger partial charge on any atom is 0.274 e. The zero-order valence-electron chi connectivity index (χ0n) is 13.7. The van der Waals surface area contributed by atoms with E-state index < -0.39 is 0 Å². The van der Waals surface area contributed by atoms with Crippen LogP contribution < -0.4 is 5.48 Å². The van der Waals surface area contributed by atoms with E-state index >= 15 is 0 Å². The van der Waals surface area contributed by atoms with Gasteiger partial charge in [-0.2, -0.15) is 0 Å². The molecule has 5 nitrogen and oxygen atoms in total. The molecule has 22 heavy (non-hydrogen) atoms. The number of morpholine rings is 1. The molecule has 2 rings (SSSR count). The average Bonchev–Trinajstić information content (AvgIpc) is 2.52. The first-order valence-electron chi connectivity index (χ1n) is 7.79. The average molecular weight is 306 g/mol. The minimum Gasteiger partial charge on any atom is -0.379 e. The lowest BCUT2D eigenvalue weighted by atomic mass is 9.87. The molecule has 1 aliphatic heterocycles. The first-order chi connectivity index (χ1) is 10.5. The fraction of sp³-hybridized carbons (Fsp3) is 0.588. The van der Waals surface area contributed by atoms with E-state index in [4.69, 9.17) is 9.57 Å².